The van der Waals surface area contributed by atoms with E-state index in [1.54, 1.807) is 21.4 Å². The fourth-order valence-corrected chi connectivity index (χ4v) is 6.23. The molecule has 42 heavy (non-hydrogen) atoms. The Morgan fingerprint density at radius 1 is 1.02 bits per heavy atom. The van der Waals surface area contributed by atoms with Crippen molar-refractivity contribution in [1.82, 2.24) is 14.6 Å². The number of anilines is 1. The molecule has 9 nitrogen and oxygen atoms in total. The number of hydrogen-bond donors (Lipinski definition) is 3. The lowest BCUT2D eigenvalue weighted by atomic mass is 10.1. The number of rotatable bonds is 7. The average Bonchev–Trinajstić information content (AvgIpc) is 3.55. The van der Waals surface area contributed by atoms with Crippen LogP contribution in [0.5, 0.6) is 0 Å². The number of nitrogens with zero attached hydrogens (tertiary/aromatic N) is 2. The highest BCUT2D eigenvalue weighted by atomic mass is 19.1. The molecule has 1 saturated heterocycles. The third-order valence-corrected chi connectivity index (χ3v) is 8.37. The van der Waals surface area contributed by atoms with Gasteiger partial charge in [-0.1, -0.05) is 24.3 Å². The smallest absolute Gasteiger partial charge is 0.259 e. The van der Waals surface area contributed by atoms with Crippen LogP contribution in [0.25, 0.3) is 49.1 Å². The first-order chi connectivity index (χ1) is 20.4. The summed E-state index contributed by atoms with van der Waals surface area (Å²) in [4.78, 5) is 42.2. The molecule has 214 valence electrons. The first-order valence-corrected chi connectivity index (χ1v) is 14.2. The fraction of sp³-hybridized carbons (Fsp3) is 0.281. The molecular weight excluding hydrogens is 537 g/mol. The van der Waals surface area contributed by atoms with E-state index < -0.39 is 17.2 Å². The van der Waals surface area contributed by atoms with Gasteiger partial charge in [0.15, 0.2) is 22.4 Å². The highest BCUT2D eigenvalue weighted by Gasteiger charge is 2.29. The maximum absolute atomic E-state index is 15.7. The lowest BCUT2D eigenvalue weighted by Gasteiger charge is -2.19. The first-order valence-electron chi connectivity index (χ1n) is 14.2. The fourth-order valence-electron chi connectivity index (χ4n) is 6.23. The van der Waals surface area contributed by atoms with Crippen LogP contribution in [0.1, 0.15) is 29.6 Å². The molecule has 4 aromatic carbocycles. The van der Waals surface area contributed by atoms with Gasteiger partial charge in [-0.15, -0.1) is 0 Å². The van der Waals surface area contributed by atoms with Crippen molar-refractivity contribution in [1.29, 1.82) is 0 Å². The van der Waals surface area contributed by atoms with E-state index in [1.807, 2.05) is 31.3 Å². The summed E-state index contributed by atoms with van der Waals surface area (Å²) in [7, 11) is 1.88. The lowest BCUT2D eigenvalue weighted by molar-refractivity contribution is 0.0789. The zero-order valence-corrected chi connectivity index (χ0v) is 23.1. The van der Waals surface area contributed by atoms with Gasteiger partial charge in [-0.05, 0) is 61.8 Å². The Morgan fingerprint density at radius 3 is 2.57 bits per heavy atom. The van der Waals surface area contributed by atoms with E-state index in [2.05, 4.69) is 10.6 Å². The average molecular weight is 568 g/mol. The third kappa shape index (κ3) is 4.01. The summed E-state index contributed by atoms with van der Waals surface area (Å²) < 4.78 is 23.8. The van der Waals surface area contributed by atoms with Crippen LogP contribution in [0, 0.1) is 5.82 Å². The summed E-state index contributed by atoms with van der Waals surface area (Å²) >= 11 is 0. The Bertz CT molecular complexity index is 2150. The number of halogens is 1. The highest BCUT2D eigenvalue weighted by Crippen LogP contribution is 2.36. The van der Waals surface area contributed by atoms with E-state index in [4.69, 9.17) is 10.2 Å². The number of unbranched alkanes of at least 4 members (excludes halogenated alkanes) is 1. The SMILES string of the molecule is CNCCCCNc1c(F)cc2c(=O)c(C(=O)N3CC[C@H](N)C3)cn3c4cc5c(cc4oc1c23)c(=O)c1ccccc15. The molecule has 6 aromatic rings. The first kappa shape index (κ1) is 26.4. The van der Waals surface area contributed by atoms with Gasteiger partial charge in [-0.25, -0.2) is 4.39 Å². The van der Waals surface area contributed by atoms with Gasteiger partial charge in [0.2, 0.25) is 5.43 Å². The van der Waals surface area contributed by atoms with Crippen LogP contribution >= 0.6 is 0 Å². The van der Waals surface area contributed by atoms with Crippen molar-refractivity contribution >= 4 is 60.7 Å². The van der Waals surface area contributed by atoms with Crippen molar-refractivity contribution < 1.29 is 13.6 Å². The van der Waals surface area contributed by atoms with E-state index in [9.17, 15) is 14.4 Å². The predicted molar refractivity (Wildman–Crippen MR) is 164 cm³/mol. The summed E-state index contributed by atoms with van der Waals surface area (Å²) in [5.74, 6) is -1.10. The normalized spacial score (nSPS) is 15.7. The van der Waals surface area contributed by atoms with Crippen LogP contribution in [0.4, 0.5) is 10.1 Å². The number of benzene rings is 3. The summed E-state index contributed by atoms with van der Waals surface area (Å²) in [5.41, 5.74) is 6.80. The zero-order valence-electron chi connectivity index (χ0n) is 23.1. The molecule has 10 heteroatoms. The number of nitrogens with two attached hydrogens (primary N) is 1. The van der Waals surface area contributed by atoms with Crippen LogP contribution in [0.3, 0.4) is 0 Å². The van der Waals surface area contributed by atoms with Crippen molar-refractivity contribution in [2.75, 3.05) is 38.5 Å². The zero-order chi connectivity index (χ0) is 29.1. The molecule has 1 atom stereocenters. The minimum absolute atomic E-state index is 0.0419. The Morgan fingerprint density at radius 2 is 1.81 bits per heavy atom. The molecule has 0 unspecified atom stereocenters. The van der Waals surface area contributed by atoms with Crippen LogP contribution in [0.2, 0.25) is 0 Å². The molecule has 2 aromatic heterocycles. The second-order valence-electron chi connectivity index (χ2n) is 11.1. The van der Waals surface area contributed by atoms with Gasteiger partial charge in [0.05, 0.1) is 10.9 Å². The number of pyridine rings is 1. The number of nitrogens with one attached hydrogen (secondary N) is 2. The maximum Gasteiger partial charge on any atom is 0.259 e. The number of aromatic nitrogens is 1. The summed E-state index contributed by atoms with van der Waals surface area (Å²) in [6.07, 6.45) is 3.84. The largest absolute Gasteiger partial charge is 0.451 e. The minimum atomic E-state index is -0.657. The van der Waals surface area contributed by atoms with Crippen LogP contribution in [-0.2, 0) is 0 Å². The standard InChI is InChI=1S/C32H30FN5O4/c1-35-9-4-5-10-36-27-24(33)12-22-28-31(27)42-26-14-21-20(18-6-2-3-7-19(18)29(21)39)13-25(26)38(28)16-23(30(22)40)32(41)37-11-8-17(34)15-37/h2-3,6-7,12-14,16-17,35-36H,4-5,8-11,15,34H2,1H3/t17-/m0/s1. The monoisotopic (exact) mass is 567 g/mol. The van der Waals surface area contributed by atoms with E-state index in [-0.39, 0.29) is 33.7 Å². The Labute approximate surface area is 239 Å². The number of carbonyl (C=O) groups excluding carboxylic acids is 1. The number of amides is 1. The van der Waals surface area contributed by atoms with E-state index >= 15 is 4.39 Å². The van der Waals surface area contributed by atoms with Crippen LogP contribution < -0.4 is 27.2 Å². The van der Waals surface area contributed by atoms with Crippen molar-refractivity contribution in [3.05, 3.63) is 80.5 Å². The van der Waals surface area contributed by atoms with Gasteiger partial charge >= 0.3 is 0 Å². The maximum atomic E-state index is 15.7. The highest BCUT2D eigenvalue weighted by molar-refractivity contribution is 6.15. The van der Waals surface area contributed by atoms with Crippen LogP contribution in [-0.4, -0.2) is 54.5 Å². The molecule has 0 spiro atoms. The van der Waals surface area contributed by atoms with Crippen molar-refractivity contribution in [2.45, 2.75) is 25.3 Å². The van der Waals surface area contributed by atoms with Gasteiger partial charge in [0.1, 0.15) is 16.8 Å². The molecule has 4 N–H and O–H groups in total. The summed E-state index contributed by atoms with van der Waals surface area (Å²) in [5, 5.41) is 8.90. The molecule has 0 radical (unpaired) electrons. The second kappa shape index (κ2) is 10.1. The van der Waals surface area contributed by atoms with Crippen LogP contribution in [0.15, 0.2) is 62.7 Å². The molecule has 3 heterocycles. The summed E-state index contributed by atoms with van der Waals surface area (Å²) in [6, 6.07) is 11.9. The number of likely N-dealkylation sites (tertiary alicyclic amines) is 1. The molecule has 0 aliphatic carbocycles. The third-order valence-electron chi connectivity index (χ3n) is 8.37. The van der Waals surface area contributed by atoms with E-state index in [0.717, 1.165) is 30.2 Å². The Hall–Kier alpha value is -4.54. The molecule has 7 rings (SSSR count). The van der Waals surface area contributed by atoms with Gasteiger partial charge in [-0.3, -0.25) is 14.4 Å². The van der Waals surface area contributed by atoms with Gasteiger partial charge in [0, 0.05) is 42.6 Å². The number of fused-ring (bicyclic) bond motifs is 5. The molecular formula is C32H30FN5O4. The Balaban J connectivity index is 1.54. The number of hydrogen-bond acceptors (Lipinski definition) is 7. The lowest BCUT2D eigenvalue weighted by Crippen LogP contribution is -2.35. The molecule has 1 amide bonds. The molecule has 0 bridgehead atoms. The molecule has 1 aliphatic rings. The van der Waals surface area contributed by atoms with E-state index in [0.29, 0.717) is 53.4 Å². The molecule has 1 fully saturated rings. The molecule has 0 saturated carbocycles. The summed E-state index contributed by atoms with van der Waals surface area (Å²) in [6.45, 7) is 2.11. The predicted octanol–water partition coefficient (Wildman–Crippen LogP) is 4.03. The van der Waals surface area contributed by atoms with Crippen molar-refractivity contribution in [3.63, 3.8) is 0 Å². The number of carbonyl (C=O) groups is 1. The molecule has 1 aliphatic heterocycles. The van der Waals surface area contributed by atoms with Crippen molar-refractivity contribution in [2.24, 2.45) is 5.73 Å². The van der Waals surface area contributed by atoms with Crippen molar-refractivity contribution in [3.8, 4) is 0 Å². The minimum Gasteiger partial charge on any atom is -0.451 e. The van der Waals surface area contributed by atoms with Gasteiger partial charge in [-0.2, -0.15) is 0 Å². The van der Waals surface area contributed by atoms with Gasteiger partial charge in [0.25, 0.3) is 5.91 Å². The van der Waals surface area contributed by atoms with E-state index in [1.165, 1.54) is 12.3 Å². The topological polar surface area (TPSA) is 122 Å². The quantitative estimate of drug-likeness (QED) is 0.151. The Kier molecular flexibility index (Phi) is 6.32. The second-order valence-corrected chi connectivity index (χ2v) is 11.1. The van der Waals surface area contributed by atoms with Gasteiger partial charge < -0.3 is 30.1 Å².